The molecule has 0 radical (unpaired) electrons. The Bertz CT molecular complexity index is 743. The number of fused-ring (bicyclic) bond motifs is 1. The van der Waals surface area contributed by atoms with Crippen LogP contribution in [0.3, 0.4) is 0 Å². The maximum atomic E-state index is 11.8. The average Bonchev–Trinajstić information content (AvgIpc) is 3.09. The molecule has 4 heteroatoms. The molecule has 1 amide bonds. The van der Waals surface area contributed by atoms with Gasteiger partial charge in [0.25, 0.3) is 0 Å². The Balaban J connectivity index is 1.57. The number of aryl methyl sites for hydroxylation is 1. The summed E-state index contributed by atoms with van der Waals surface area (Å²) in [5.74, 6) is 0.0912. The highest BCUT2D eigenvalue weighted by Crippen LogP contribution is 2.19. The zero-order chi connectivity index (χ0) is 14.7. The van der Waals surface area contributed by atoms with E-state index in [1.807, 2.05) is 23.7 Å². The molecule has 0 aliphatic carbocycles. The summed E-state index contributed by atoms with van der Waals surface area (Å²) in [5, 5.41) is 6.24. The van der Waals surface area contributed by atoms with Crippen LogP contribution in [-0.4, -0.2) is 17.4 Å². The Morgan fingerprint density at radius 2 is 2.24 bits per heavy atom. The molecule has 3 rings (SSSR count). The summed E-state index contributed by atoms with van der Waals surface area (Å²) in [4.78, 5) is 16.2. The second-order valence-corrected chi connectivity index (χ2v) is 6.25. The highest BCUT2D eigenvalue weighted by Gasteiger charge is 2.06. The quantitative estimate of drug-likeness (QED) is 0.744. The molecule has 2 aromatic heterocycles. The van der Waals surface area contributed by atoms with Gasteiger partial charge in [-0.2, -0.15) is 0 Å². The number of aromatic amines is 1. The van der Waals surface area contributed by atoms with Crippen molar-refractivity contribution in [2.45, 2.75) is 19.8 Å². The van der Waals surface area contributed by atoms with Crippen LogP contribution in [0.15, 0.2) is 41.9 Å². The van der Waals surface area contributed by atoms with E-state index in [2.05, 4.69) is 35.4 Å². The van der Waals surface area contributed by atoms with Gasteiger partial charge in [0.15, 0.2) is 0 Å². The first kappa shape index (κ1) is 13.9. The molecular formula is C17H18N2OS. The third kappa shape index (κ3) is 3.34. The Hall–Kier alpha value is -2.07. The van der Waals surface area contributed by atoms with E-state index < -0.39 is 0 Å². The fraction of sp³-hybridized carbons (Fsp3) is 0.235. The van der Waals surface area contributed by atoms with E-state index in [-0.39, 0.29) is 5.91 Å². The number of carbonyl (C=O) groups is 1. The molecular weight excluding hydrogens is 280 g/mol. The van der Waals surface area contributed by atoms with Gasteiger partial charge in [0.2, 0.25) is 5.91 Å². The van der Waals surface area contributed by atoms with E-state index in [0.29, 0.717) is 13.0 Å². The smallest absolute Gasteiger partial charge is 0.225 e. The molecule has 1 aromatic carbocycles. The van der Waals surface area contributed by atoms with Gasteiger partial charge < -0.3 is 10.3 Å². The van der Waals surface area contributed by atoms with Crippen LogP contribution in [0.5, 0.6) is 0 Å². The van der Waals surface area contributed by atoms with Gasteiger partial charge >= 0.3 is 0 Å². The normalized spacial score (nSPS) is 10.9. The topological polar surface area (TPSA) is 44.9 Å². The van der Waals surface area contributed by atoms with E-state index in [4.69, 9.17) is 0 Å². The number of rotatable bonds is 5. The largest absolute Gasteiger partial charge is 0.361 e. The average molecular weight is 298 g/mol. The summed E-state index contributed by atoms with van der Waals surface area (Å²) in [6.45, 7) is 2.77. The van der Waals surface area contributed by atoms with Crippen LogP contribution < -0.4 is 5.32 Å². The number of carbonyl (C=O) groups excluding carboxylic acids is 1. The second kappa shape index (κ2) is 6.14. The maximum Gasteiger partial charge on any atom is 0.225 e. The molecule has 3 aromatic rings. The maximum absolute atomic E-state index is 11.8. The first-order valence-corrected chi connectivity index (χ1v) is 7.96. The van der Waals surface area contributed by atoms with Crippen LogP contribution in [0.4, 0.5) is 0 Å². The number of H-pyrrole nitrogens is 1. The number of nitrogens with one attached hydrogen (secondary N) is 2. The van der Waals surface area contributed by atoms with Crippen LogP contribution >= 0.6 is 11.3 Å². The van der Waals surface area contributed by atoms with E-state index in [0.717, 1.165) is 16.8 Å². The molecule has 0 atom stereocenters. The van der Waals surface area contributed by atoms with Gasteiger partial charge in [0, 0.05) is 28.5 Å². The fourth-order valence-corrected chi connectivity index (χ4v) is 3.17. The number of hydrogen-bond donors (Lipinski definition) is 2. The molecule has 0 saturated heterocycles. The lowest BCUT2D eigenvalue weighted by Gasteiger charge is -2.04. The van der Waals surface area contributed by atoms with E-state index in [1.54, 1.807) is 11.3 Å². The lowest BCUT2D eigenvalue weighted by atomic mass is 10.1. The SMILES string of the molecule is Cc1ccc2[nH]cc(CCNC(=O)Cc3cccs3)c2c1. The predicted octanol–water partition coefficient (Wildman–Crippen LogP) is 3.44. The Labute approximate surface area is 128 Å². The molecule has 0 bridgehead atoms. The van der Waals surface area contributed by atoms with Crippen LogP contribution in [0.2, 0.25) is 0 Å². The summed E-state index contributed by atoms with van der Waals surface area (Å²) in [5.41, 5.74) is 3.66. The van der Waals surface area contributed by atoms with Gasteiger partial charge in [0.1, 0.15) is 0 Å². The number of aromatic nitrogens is 1. The molecule has 108 valence electrons. The van der Waals surface area contributed by atoms with Crippen molar-refractivity contribution >= 4 is 28.1 Å². The predicted molar refractivity (Wildman–Crippen MR) is 87.8 cm³/mol. The first-order valence-electron chi connectivity index (χ1n) is 7.08. The van der Waals surface area contributed by atoms with Crippen molar-refractivity contribution in [2.24, 2.45) is 0 Å². The highest BCUT2D eigenvalue weighted by molar-refractivity contribution is 7.10. The third-order valence-electron chi connectivity index (χ3n) is 3.55. The van der Waals surface area contributed by atoms with Crippen LogP contribution in [-0.2, 0) is 17.6 Å². The first-order chi connectivity index (χ1) is 10.2. The third-order valence-corrected chi connectivity index (χ3v) is 4.43. The number of thiophene rings is 1. The van der Waals surface area contributed by atoms with Crippen LogP contribution in [0.1, 0.15) is 16.0 Å². The lowest BCUT2D eigenvalue weighted by molar-refractivity contribution is -0.120. The molecule has 0 aliphatic heterocycles. The van der Waals surface area contributed by atoms with Gasteiger partial charge in [0.05, 0.1) is 6.42 Å². The standard InChI is InChI=1S/C17H18N2OS/c1-12-4-5-16-15(9-12)13(11-19-16)6-7-18-17(20)10-14-3-2-8-21-14/h2-5,8-9,11,19H,6-7,10H2,1H3,(H,18,20). The summed E-state index contributed by atoms with van der Waals surface area (Å²) in [7, 11) is 0. The van der Waals surface area contributed by atoms with Crippen molar-refractivity contribution in [1.29, 1.82) is 0 Å². The van der Waals surface area contributed by atoms with Gasteiger partial charge in [-0.05, 0) is 42.5 Å². The van der Waals surface area contributed by atoms with Gasteiger partial charge in [-0.3, -0.25) is 4.79 Å². The molecule has 21 heavy (non-hydrogen) atoms. The number of hydrogen-bond acceptors (Lipinski definition) is 2. The molecule has 2 heterocycles. The minimum Gasteiger partial charge on any atom is -0.361 e. The molecule has 0 unspecified atom stereocenters. The zero-order valence-corrected chi connectivity index (χ0v) is 12.8. The molecule has 0 fully saturated rings. The monoisotopic (exact) mass is 298 g/mol. The zero-order valence-electron chi connectivity index (χ0n) is 12.0. The van der Waals surface area contributed by atoms with Gasteiger partial charge in [-0.15, -0.1) is 11.3 Å². The summed E-state index contributed by atoms with van der Waals surface area (Å²) < 4.78 is 0. The number of amides is 1. The van der Waals surface area contributed by atoms with Crippen molar-refractivity contribution in [2.75, 3.05) is 6.54 Å². The summed E-state index contributed by atoms with van der Waals surface area (Å²) >= 11 is 1.62. The fourth-order valence-electron chi connectivity index (χ4n) is 2.47. The number of benzene rings is 1. The Morgan fingerprint density at radius 3 is 3.05 bits per heavy atom. The Morgan fingerprint density at radius 1 is 1.33 bits per heavy atom. The summed E-state index contributed by atoms with van der Waals surface area (Å²) in [6, 6.07) is 10.4. The second-order valence-electron chi connectivity index (χ2n) is 5.22. The Kier molecular flexibility index (Phi) is 4.06. The van der Waals surface area contributed by atoms with Crippen molar-refractivity contribution in [3.8, 4) is 0 Å². The summed E-state index contributed by atoms with van der Waals surface area (Å²) in [6.07, 6.45) is 3.36. The van der Waals surface area contributed by atoms with E-state index in [9.17, 15) is 4.79 Å². The van der Waals surface area contributed by atoms with Crippen LogP contribution in [0.25, 0.3) is 10.9 Å². The van der Waals surface area contributed by atoms with Crippen molar-refractivity contribution < 1.29 is 4.79 Å². The van der Waals surface area contributed by atoms with E-state index in [1.165, 1.54) is 16.5 Å². The van der Waals surface area contributed by atoms with E-state index >= 15 is 0 Å². The van der Waals surface area contributed by atoms with Gasteiger partial charge in [-0.25, -0.2) is 0 Å². The van der Waals surface area contributed by atoms with Crippen LogP contribution in [0, 0.1) is 6.92 Å². The highest BCUT2D eigenvalue weighted by atomic mass is 32.1. The van der Waals surface area contributed by atoms with Crippen molar-refractivity contribution in [1.82, 2.24) is 10.3 Å². The molecule has 0 saturated carbocycles. The molecule has 0 aliphatic rings. The lowest BCUT2D eigenvalue weighted by Crippen LogP contribution is -2.26. The van der Waals surface area contributed by atoms with Crippen molar-refractivity contribution in [3.63, 3.8) is 0 Å². The van der Waals surface area contributed by atoms with Gasteiger partial charge in [-0.1, -0.05) is 17.7 Å². The molecule has 3 nitrogen and oxygen atoms in total. The van der Waals surface area contributed by atoms with Crippen molar-refractivity contribution in [3.05, 3.63) is 57.9 Å². The molecule has 2 N–H and O–H groups in total. The minimum absolute atomic E-state index is 0.0912. The minimum atomic E-state index is 0.0912. The molecule has 0 spiro atoms.